The topological polar surface area (TPSA) is 52.3 Å². The molecule has 1 aromatic heterocycles. The van der Waals surface area contributed by atoms with Crippen molar-refractivity contribution in [1.29, 1.82) is 0 Å². The summed E-state index contributed by atoms with van der Waals surface area (Å²) in [7, 11) is 0. The molecule has 0 atom stereocenters. The average Bonchev–Trinajstić information content (AvgIpc) is 3.01. The maximum atomic E-state index is 13.1. The number of oxazole rings is 1. The summed E-state index contributed by atoms with van der Waals surface area (Å²) in [5.74, 6) is -1.83. The molecular weight excluding hydrogens is 304 g/mol. The van der Waals surface area contributed by atoms with Crippen LogP contribution in [0.25, 0.3) is 11.3 Å². The van der Waals surface area contributed by atoms with Gasteiger partial charge in [-0.25, -0.2) is 18.6 Å². The van der Waals surface area contributed by atoms with Crippen LogP contribution in [0.1, 0.15) is 16.2 Å². The van der Waals surface area contributed by atoms with Crippen LogP contribution >= 0.6 is 0 Å². The first-order chi connectivity index (χ1) is 11.1. The van der Waals surface area contributed by atoms with Gasteiger partial charge in [-0.1, -0.05) is 30.3 Å². The van der Waals surface area contributed by atoms with Crippen LogP contribution in [0.3, 0.4) is 0 Å². The molecular formula is C17H11F2NO3. The highest BCUT2D eigenvalue weighted by Crippen LogP contribution is 2.20. The van der Waals surface area contributed by atoms with Crippen molar-refractivity contribution in [3.8, 4) is 11.3 Å². The zero-order chi connectivity index (χ0) is 16.2. The molecule has 0 aliphatic rings. The van der Waals surface area contributed by atoms with E-state index < -0.39 is 17.6 Å². The number of carbonyl (C=O) groups is 1. The van der Waals surface area contributed by atoms with E-state index in [1.54, 1.807) is 0 Å². The number of hydrogen-bond acceptors (Lipinski definition) is 4. The number of rotatable bonds is 4. The van der Waals surface area contributed by atoms with Gasteiger partial charge in [0.25, 0.3) is 0 Å². The Labute approximate surface area is 130 Å². The summed E-state index contributed by atoms with van der Waals surface area (Å²) in [5.41, 5.74) is 0.627. The van der Waals surface area contributed by atoms with Crippen LogP contribution in [0.4, 0.5) is 8.78 Å². The van der Waals surface area contributed by atoms with Crippen LogP contribution in [-0.4, -0.2) is 11.0 Å². The molecule has 0 aliphatic heterocycles. The van der Waals surface area contributed by atoms with E-state index >= 15 is 0 Å². The van der Waals surface area contributed by atoms with Gasteiger partial charge < -0.3 is 9.15 Å². The minimum absolute atomic E-state index is 0.189. The lowest BCUT2D eigenvalue weighted by Gasteiger charge is -2.03. The molecule has 0 fully saturated rings. The maximum absolute atomic E-state index is 13.1. The SMILES string of the molecule is O=C(OCc1ncc(-c2ccccc2)o1)c1cc(F)cc(F)c1. The highest BCUT2D eigenvalue weighted by molar-refractivity contribution is 5.89. The van der Waals surface area contributed by atoms with Crippen LogP contribution < -0.4 is 0 Å². The molecule has 0 bridgehead atoms. The molecule has 6 heteroatoms. The molecule has 116 valence electrons. The Balaban J connectivity index is 1.67. The van der Waals surface area contributed by atoms with Crippen LogP contribution in [0.2, 0.25) is 0 Å². The lowest BCUT2D eigenvalue weighted by molar-refractivity contribution is 0.0438. The van der Waals surface area contributed by atoms with Crippen LogP contribution in [0.5, 0.6) is 0 Å². The van der Waals surface area contributed by atoms with Gasteiger partial charge >= 0.3 is 5.97 Å². The standard InChI is InChI=1S/C17H11F2NO3/c18-13-6-12(7-14(19)8-13)17(21)22-10-16-20-9-15(23-16)11-4-2-1-3-5-11/h1-9H,10H2. The molecule has 23 heavy (non-hydrogen) atoms. The molecule has 2 aromatic carbocycles. The molecule has 1 heterocycles. The monoisotopic (exact) mass is 315 g/mol. The fourth-order valence-electron chi connectivity index (χ4n) is 2.00. The third-order valence-corrected chi connectivity index (χ3v) is 3.04. The molecule has 3 rings (SSSR count). The van der Waals surface area contributed by atoms with Crippen molar-refractivity contribution in [3.05, 3.63) is 77.8 Å². The van der Waals surface area contributed by atoms with Crippen molar-refractivity contribution in [2.75, 3.05) is 0 Å². The first kappa shape index (κ1) is 14.9. The van der Waals surface area contributed by atoms with E-state index in [1.165, 1.54) is 6.20 Å². The van der Waals surface area contributed by atoms with E-state index in [9.17, 15) is 13.6 Å². The predicted octanol–water partition coefficient (Wildman–Crippen LogP) is 3.98. The second kappa shape index (κ2) is 6.39. The van der Waals surface area contributed by atoms with E-state index in [2.05, 4.69) is 4.98 Å². The van der Waals surface area contributed by atoms with Crippen molar-refractivity contribution in [2.45, 2.75) is 6.61 Å². The van der Waals surface area contributed by atoms with E-state index in [-0.39, 0.29) is 18.1 Å². The van der Waals surface area contributed by atoms with Crippen LogP contribution in [-0.2, 0) is 11.3 Å². The molecule has 0 amide bonds. The minimum Gasteiger partial charge on any atom is -0.452 e. The molecule has 4 nitrogen and oxygen atoms in total. The second-order valence-corrected chi connectivity index (χ2v) is 4.72. The van der Waals surface area contributed by atoms with Crippen LogP contribution in [0, 0.1) is 11.6 Å². The van der Waals surface area contributed by atoms with Crippen LogP contribution in [0.15, 0.2) is 59.1 Å². The Morgan fingerprint density at radius 2 is 1.78 bits per heavy atom. The largest absolute Gasteiger partial charge is 0.452 e. The molecule has 3 aromatic rings. The molecule has 0 saturated carbocycles. The Hall–Kier alpha value is -3.02. The zero-order valence-electron chi connectivity index (χ0n) is 11.8. The van der Waals surface area contributed by atoms with Crippen molar-refractivity contribution < 1.29 is 22.7 Å². The quantitative estimate of drug-likeness (QED) is 0.683. The summed E-state index contributed by atoms with van der Waals surface area (Å²) >= 11 is 0. The number of hydrogen-bond donors (Lipinski definition) is 0. The predicted molar refractivity (Wildman–Crippen MR) is 77.4 cm³/mol. The second-order valence-electron chi connectivity index (χ2n) is 4.72. The normalized spacial score (nSPS) is 10.5. The van der Waals surface area contributed by atoms with E-state index in [0.29, 0.717) is 11.8 Å². The Morgan fingerprint density at radius 1 is 1.09 bits per heavy atom. The highest BCUT2D eigenvalue weighted by atomic mass is 19.1. The molecule has 0 aliphatic carbocycles. The molecule has 0 unspecified atom stereocenters. The van der Waals surface area contributed by atoms with Gasteiger partial charge in [0.05, 0.1) is 11.8 Å². The van der Waals surface area contributed by atoms with Gasteiger partial charge in [0.2, 0.25) is 5.89 Å². The van der Waals surface area contributed by atoms with E-state index in [4.69, 9.17) is 9.15 Å². The van der Waals surface area contributed by atoms with Gasteiger partial charge in [-0.15, -0.1) is 0 Å². The highest BCUT2D eigenvalue weighted by Gasteiger charge is 2.13. The van der Waals surface area contributed by atoms with Gasteiger partial charge in [-0.2, -0.15) is 0 Å². The number of halogens is 2. The first-order valence-electron chi connectivity index (χ1n) is 6.75. The molecule has 0 radical (unpaired) electrons. The Bertz CT molecular complexity index is 811. The zero-order valence-corrected chi connectivity index (χ0v) is 11.8. The molecule has 0 saturated heterocycles. The smallest absolute Gasteiger partial charge is 0.338 e. The maximum Gasteiger partial charge on any atom is 0.338 e. The van der Waals surface area contributed by atoms with E-state index in [1.807, 2.05) is 30.3 Å². The number of carbonyl (C=O) groups excluding carboxylic acids is 1. The Morgan fingerprint density at radius 3 is 2.48 bits per heavy atom. The lowest BCUT2D eigenvalue weighted by atomic mass is 10.2. The van der Waals surface area contributed by atoms with Crippen molar-refractivity contribution in [2.24, 2.45) is 0 Å². The fourth-order valence-corrected chi connectivity index (χ4v) is 2.00. The van der Waals surface area contributed by atoms with E-state index in [0.717, 1.165) is 17.7 Å². The summed E-state index contributed by atoms with van der Waals surface area (Å²) in [5, 5.41) is 0. The van der Waals surface area contributed by atoms with Crippen molar-refractivity contribution in [1.82, 2.24) is 4.98 Å². The van der Waals surface area contributed by atoms with Gasteiger partial charge in [0, 0.05) is 11.6 Å². The average molecular weight is 315 g/mol. The summed E-state index contributed by atoms with van der Waals surface area (Å²) in [4.78, 5) is 15.8. The third kappa shape index (κ3) is 3.60. The van der Waals surface area contributed by atoms with Gasteiger partial charge in [0.1, 0.15) is 11.6 Å². The van der Waals surface area contributed by atoms with Gasteiger partial charge in [-0.3, -0.25) is 0 Å². The number of benzene rings is 2. The number of aromatic nitrogens is 1. The van der Waals surface area contributed by atoms with Gasteiger partial charge in [-0.05, 0) is 12.1 Å². The number of ether oxygens (including phenoxy) is 1. The lowest BCUT2D eigenvalue weighted by Crippen LogP contribution is -2.06. The van der Waals surface area contributed by atoms with Crippen molar-refractivity contribution in [3.63, 3.8) is 0 Å². The fraction of sp³-hybridized carbons (Fsp3) is 0.0588. The number of nitrogens with zero attached hydrogens (tertiary/aromatic N) is 1. The molecule has 0 N–H and O–H groups in total. The summed E-state index contributed by atoms with van der Waals surface area (Å²) in [6.07, 6.45) is 1.51. The summed E-state index contributed by atoms with van der Waals surface area (Å²) in [6.45, 7) is -0.232. The molecule has 0 spiro atoms. The Kier molecular flexibility index (Phi) is 4.14. The van der Waals surface area contributed by atoms with Crippen molar-refractivity contribution >= 4 is 5.97 Å². The third-order valence-electron chi connectivity index (χ3n) is 3.04. The summed E-state index contributed by atoms with van der Waals surface area (Å²) < 4.78 is 36.5. The number of esters is 1. The van der Waals surface area contributed by atoms with Gasteiger partial charge in [0.15, 0.2) is 12.4 Å². The summed E-state index contributed by atoms with van der Waals surface area (Å²) in [6, 6.07) is 11.8. The first-order valence-corrected chi connectivity index (χ1v) is 6.75. The minimum atomic E-state index is -0.858.